The molecule has 1 unspecified atom stereocenters. The van der Waals surface area contributed by atoms with Crippen molar-refractivity contribution >= 4 is 0 Å². The predicted octanol–water partition coefficient (Wildman–Crippen LogP) is 7.33. The largest absolute Gasteiger partial charge is 0.508 e. The molecule has 0 bridgehead atoms. The Bertz CT molecular complexity index is 776. The summed E-state index contributed by atoms with van der Waals surface area (Å²) in [4.78, 5) is 0. The molecule has 0 spiro atoms. The smallest absolute Gasteiger partial charge is 0.122 e. The lowest BCUT2D eigenvalue weighted by Gasteiger charge is -2.26. The van der Waals surface area contributed by atoms with Gasteiger partial charge in [-0.1, -0.05) is 63.8 Å². The van der Waals surface area contributed by atoms with Crippen molar-refractivity contribution in [1.29, 1.82) is 0 Å². The Hall–Kier alpha value is -1.96. The molecule has 0 aliphatic carbocycles. The summed E-state index contributed by atoms with van der Waals surface area (Å²) in [6, 6.07) is 8.13. The molecule has 0 aromatic heterocycles. The number of hydrogen-bond donors (Lipinski definition) is 2. The van der Waals surface area contributed by atoms with Crippen LogP contribution in [-0.4, -0.2) is 10.2 Å². The fraction of sp³-hybridized carbons (Fsp3) is 0.538. The number of hydrogen-bond acceptors (Lipinski definition) is 2. The molecule has 0 saturated carbocycles. The van der Waals surface area contributed by atoms with Gasteiger partial charge in [-0.2, -0.15) is 0 Å². The topological polar surface area (TPSA) is 40.5 Å². The van der Waals surface area contributed by atoms with E-state index < -0.39 is 0 Å². The molecule has 2 rings (SSSR count). The number of phenols is 2. The van der Waals surface area contributed by atoms with Gasteiger partial charge in [0.25, 0.3) is 0 Å². The van der Waals surface area contributed by atoms with Gasteiger partial charge in [0, 0.05) is 11.5 Å². The summed E-state index contributed by atoms with van der Waals surface area (Å²) in [5.41, 5.74) is 6.78. The molecule has 2 aromatic carbocycles. The summed E-state index contributed by atoms with van der Waals surface area (Å²) in [6.07, 6.45) is 8.16. The minimum absolute atomic E-state index is 0.115. The highest BCUT2D eigenvalue weighted by atomic mass is 16.3. The first-order valence-corrected chi connectivity index (χ1v) is 11.1. The van der Waals surface area contributed by atoms with Crippen LogP contribution in [0.1, 0.15) is 98.6 Å². The van der Waals surface area contributed by atoms with E-state index in [1.54, 1.807) is 0 Å². The van der Waals surface area contributed by atoms with Crippen LogP contribution in [0.3, 0.4) is 0 Å². The van der Waals surface area contributed by atoms with Crippen LogP contribution >= 0.6 is 0 Å². The zero-order valence-corrected chi connectivity index (χ0v) is 18.4. The Morgan fingerprint density at radius 2 is 1.54 bits per heavy atom. The maximum atomic E-state index is 11.2. The van der Waals surface area contributed by atoms with E-state index in [2.05, 4.69) is 46.8 Å². The third-order valence-electron chi connectivity index (χ3n) is 5.79. The normalized spacial score (nSPS) is 12.3. The van der Waals surface area contributed by atoms with Crippen molar-refractivity contribution in [3.05, 3.63) is 57.6 Å². The van der Waals surface area contributed by atoms with Crippen LogP contribution in [0.15, 0.2) is 24.3 Å². The molecule has 0 amide bonds. The van der Waals surface area contributed by atoms with Crippen molar-refractivity contribution in [1.82, 2.24) is 0 Å². The van der Waals surface area contributed by atoms with Crippen molar-refractivity contribution in [2.24, 2.45) is 0 Å². The zero-order valence-electron chi connectivity index (χ0n) is 18.4. The fourth-order valence-electron chi connectivity index (χ4n) is 4.32. The highest BCUT2D eigenvalue weighted by molar-refractivity contribution is 5.54. The van der Waals surface area contributed by atoms with Crippen LogP contribution in [0.25, 0.3) is 0 Å². The lowest BCUT2D eigenvalue weighted by atomic mass is 9.79. The summed E-state index contributed by atoms with van der Waals surface area (Å²) in [6.45, 7) is 10.8. The molecule has 2 nitrogen and oxygen atoms in total. The van der Waals surface area contributed by atoms with Gasteiger partial charge in [0.05, 0.1) is 0 Å². The zero-order chi connectivity index (χ0) is 20.7. The minimum Gasteiger partial charge on any atom is -0.508 e. The first kappa shape index (κ1) is 22.3. The number of phenolic OH excluding ortho intramolecular Hbond substituents is 2. The molecule has 2 aromatic rings. The first-order valence-electron chi connectivity index (χ1n) is 11.1. The Kier molecular flexibility index (Phi) is 8.41. The van der Waals surface area contributed by atoms with E-state index in [0.717, 1.165) is 68.1 Å². The number of unbranched alkanes of at least 4 members (excludes halogenated alkanes) is 2. The van der Waals surface area contributed by atoms with Gasteiger partial charge in [-0.3, -0.25) is 0 Å². The van der Waals surface area contributed by atoms with E-state index in [4.69, 9.17) is 0 Å². The Morgan fingerprint density at radius 3 is 2.18 bits per heavy atom. The number of benzene rings is 2. The monoisotopic (exact) mass is 382 g/mol. The van der Waals surface area contributed by atoms with Gasteiger partial charge in [-0.15, -0.1) is 0 Å². The standard InChI is InChI=1S/C26H38O2/c1-6-9-12-20-16-18(4)17-23(26(20)28)21(11-8-3)25-19(5)14-15-24(27)22(25)13-10-7-2/h14-17,21,27-28H,6-13H2,1-5H3. The van der Waals surface area contributed by atoms with Gasteiger partial charge in [0.1, 0.15) is 11.5 Å². The van der Waals surface area contributed by atoms with Crippen LogP contribution in [0.2, 0.25) is 0 Å². The second-order valence-electron chi connectivity index (χ2n) is 8.20. The molecule has 28 heavy (non-hydrogen) atoms. The lowest BCUT2D eigenvalue weighted by molar-refractivity contribution is 0.450. The second-order valence-corrected chi connectivity index (χ2v) is 8.20. The van der Waals surface area contributed by atoms with Gasteiger partial charge >= 0.3 is 0 Å². The summed E-state index contributed by atoms with van der Waals surface area (Å²) in [5.74, 6) is 0.972. The molecule has 2 heteroatoms. The SMILES string of the molecule is CCCCc1cc(C)cc(C(CCC)c2c(C)ccc(O)c2CCCC)c1O. The molecule has 0 heterocycles. The number of aromatic hydroxyl groups is 2. The molecule has 0 aliphatic rings. The molecular weight excluding hydrogens is 344 g/mol. The third kappa shape index (κ3) is 5.10. The van der Waals surface area contributed by atoms with Crippen LogP contribution in [0.5, 0.6) is 11.5 Å². The molecule has 0 fully saturated rings. The molecule has 0 aliphatic heterocycles. The van der Waals surface area contributed by atoms with Crippen LogP contribution in [0, 0.1) is 13.8 Å². The quantitative estimate of drug-likeness (QED) is 0.451. The van der Waals surface area contributed by atoms with Gasteiger partial charge in [-0.05, 0) is 74.3 Å². The van der Waals surface area contributed by atoms with Crippen LogP contribution in [-0.2, 0) is 12.8 Å². The summed E-state index contributed by atoms with van der Waals surface area (Å²) in [7, 11) is 0. The molecule has 1 atom stereocenters. The van der Waals surface area contributed by atoms with E-state index in [1.807, 2.05) is 12.1 Å². The molecule has 154 valence electrons. The van der Waals surface area contributed by atoms with Crippen molar-refractivity contribution in [2.75, 3.05) is 0 Å². The van der Waals surface area contributed by atoms with Crippen molar-refractivity contribution in [2.45, 2.75) is 91.9 Å². The van der Waals surface area contributed by atoms with Gasteiger partial charge < -0.3 is 10.2 Å². The third-order valence-corrected chi connectivity index (χ3v) is 5.79. The highest BCUT2D eigenvalue weighted by Gasteiger charge is 2.25. The summed E-state index contributed by atoms with van der Waals surface area (Å²) < 4.78 is 0. The molecule has 2 N–H and O–H groups in total. The summed E-state index contributed by atoms with van der Waals surface area (Å²) >= 11 is 0. The lowest BCUT2D eigenvalue weighted by Crippen LogP contribution is -2.09. The summed E-state index contributed by atoms with van der Waals surface area (Å²) in [5, 5.41) is 21.8. The maximum absolute atomic E-state index is 11.2. The minimum atomic E-state index is 0.115. The van der Waals surface area contributed by atoms with Gasteiger partial charge in [0.2, 0.25) is 0 Å². The number of aryl methyl sites for hydroxylation is 3. The highest BCUT2D eigenvalue weighted by Crippen LogP contribution is 2.42. The molecule has 0 radical (unpaired) electrons. The fourth-order valence-corrected chi connectivity index (χ4v) is 4.32. The Morgan fingerprint density at radius 1 is 0.857 bits per heavy atom. The van der Waals surface area contributed by atoms with E-state index in [1.165, 1.54) is 16.7 Å². The molecule has 0 saturated heterocycles. The first-order chi connectivity index (χ1) is 13.4. The number of rotatable bonds is 10. The van der Waals surface area contributed by atoms with Crippen LogP contribution < -0.4 is 0 Å². The van der Waals surface area contributed by atoms with E-state index in [0.29, 0.717) is 11.5 Å². The van der Waals surface area contributed by atoms with Crippen molar-refractivity contribution in [3.8, 4) is 11.5 Å². The van der Waals surface area contributed by atoms with Crippen LogP contribution in [0.4, 0.5) is 0 Å². The van der Waals surface area contributed by atoms with Gasteiger partial charge in [0.15, 0.2) is 0 Å². The van der Waals surface area contributed by atoms with E-state index in [-0.39, 0.29) is 5.92 Å². The predicted molar refractivity (Wildman–Crippen MR) is 120 cm³/mol. The van der Waals surface area contributed by atoms with E-state index in [9.17, 15) is 10.2 Å². The average Bonchev–Trinajstić information content (AvgIpc) is 2.67. The maximum Gasteiger partial charge on any atom is 0.122 e. The Balaban J connectivity index is 2.64. The van der Waals surface area contributed by atoms with Crippen molar-refractivity contribution < 1.29 is 10.2 Å². The molecular formula is C26H38O2. The second kappa shape index (κ2) is 10.5. The van der Waals surface area contributed by atoms with E-state index >= 15 is 0 Å². The van der Waals surface area contributed by atoms with Crippen molar-refractivity contribution in [3.63, 3.8) is 0 Å². The van der Waals surface area contributed by atoms with Gasteiger partial charge in [-0.25, -0.2) is 0 Å². The Labute approximate surface area is 171 Å². The average molecular weight is 383 g/mol.